The largest absolute Gasteiger partial charge is 0.462 e. The molecule has 2 heterocycles. The number of H-pyrrole nitrogens is 1. The van der Waals surface area contributed by atoms with Crippen LogP contribution in [0.5, 0.6) is 0 Å². The Morgan fingerprint density at radius 1 is 1.63 bits per heavy atom. The number of ether oxygens (including phenoxy) is 1. The van der Waals surface area contributed by atoms with Crippen LogP contribution in [0.3, 0.4) is 0 Å². The van der Waals surface area contributed by atoms with Crippen molar-refractivity contribution in [2.24, 2.45) is 0 Å². The summed E-state index contributed by atoms with van der Waals surface area (Å²) in [6.45, 7) is 3.15. The van der Waals surface area contributed by atoms with Gasteiger partial charge in [0.15, 0.2) is 5.03 Å². The third kappa shape index (κ3) is 3.11. The zero-order chi connectivity index (χ0) is 13.9. The van der Waals surface area contributed by atoms with E-state index >= 15 is 0 Å². The first-order valence-electron chi connectivity index (χ1n) is 5.98. The van der Waals surface area contributed by atoms with Crippen LogP contribution in [0.4, 0.5) is 0 Å². The summed E-state index contributed by atoms with van der Waals surface area (Å²) in [5.41, 5.74) is -0.0830. The SMILES string of the molecule is CCOC(=O)c1cn[nH]c1S(=O)(=O)NC1CCNC1. The van der Waals surface area contributed by atoms with Crippen molar-refractivity contribution >= 4 is 16.0 Å². The Kier molecular flexibility index (Phi) is 4.17. The Hall–Kier alpha value is -1.45. The topological polar surface area (TPSA) is 113 Å². The van der Waals surface area contributed by atoms with E-state index in [-0.39, 0.29) is 23.2 Å². The first-order chi connectivity index (χ1) is 9.04. The van der Waals surface area contributed by atoms with Gasteiger partial charge < -0.3 is 10.1 Å². The summed E-state index contributed by atoms with van der Waals surface area (Å²) in [6, 6.07) is -0.177. The van der Waals surface area contributed by atoms with Crippen molar-refractivity contribution in [2.45, 2.75) is 24.4 Å². The fourth-order valence-electron chi connectivity index (χ4n) is 1.87. The van der Waals surface area contributed by atoms with Crippen molar-refractivity contribution in [1.29, 1.82) is 0 Å². The summed E-state index contributed by atoms with van der Waals surface area (Å²) in [4.78, 5) is 11.6. The Labute approximate surface area is 111 Å². The number of nitrogens with one attached hydrogen (secondary N) is 3. The minimum Gasteiger partial charge on any atom is -0.462 e. The van der Waals surface area contributed by atoms with Gasteiger partial charge in [-0.1, -0.05) is 0 Å². The molecule has 19 heavy (non-hydrogen) atoms. The van der Waals surface area contributed by atoms with Crippen molar-refractivity contribution < 1.29 is 17.9 Å². The van der Waals surface area contributed by atoms with Crippen LogP contribution in [0, 0.1) is 0 Å². The van der Waals surface area contributed by atoms with Crippen molar-refractivity contribution in [3.8, 4) is 0 Å². The number of hydrogen-bond acceptors (Lipinski definition) is 6. The van der Waals surface area contributed by atoms with E-state index in [1.165, 1.54) is 0 Å². The quantitative estimate of drug-likeness (QED) is 0.613. The molecule has 0 amide bonds. The van der Waals surface area contributed by atoms with Crippen LogP contribution in [0.1, 0.15) is 23.7 Å². The summed E-state index contributed by atoms with van der Waals surface area (Å²) in [5.74, 6) is -0.707. The number of sulfonamides is 1. The summed E-state index contributed by atoms with van der Waals surface area (Å²) >= 11 is 0. The van der Waals surface area contributed by atoms with Gasteiger partial charge in [-0.2, -0.15) is 5.10 Å². The summed E-state index contributed by atoms with van der Waals surface area (Å²) in [6.07, 6.45) is 1.86. The minimum absolute atomic E-state index is 0.0830. The molecule has 1 aliphatic rings. The Morgan fingerprint density at radius 3 is 3.05 bits per heavy atom. The molecule has 1 saturated heterocycles. The highest BCUT2D eigenvalue weighted by Crippen LogP contribution is 2.14. The average Bonchev–Trinajstić information content (AvgIpc) is 2.98. The Bertz CT molecular complexity index is 548. The maximum Gasteiger partial charge on any atom is 0.342 e. The van der Waals surface area contributed by atoms with Crippen molar-refractivity contribution in [3.63, 3.8) is 0 Å². The molecule has 3 N–H and O–H groups in total. The van der Waals surface area contributed by atoms with Gasteiger partial charge in [0, 0.05) is 12.6 Å². The van der Waals surface area contributed by atoms with E-state index in [9.17, 15) is 13.2 Å². The second-order valence-electron chi connectivity index (χ2n) is 4.14. The van der Waals surface area contributed by atoms with Gasteiger partial charge in [0.25, 0.3) is 10.0 Å². The minimum atomic E-state index is -3.80. The molecule has 1 aromatic heterocycles. The molecule has 8 nitrogen and oxygen atoms in total. The predicted molar refractivity (Wildman–Crippen MR) is 66.1 cm³/mol. The number of aromatic nitrogens is 2. The molecular weight excluding hydrogens is 272 g/mol. The van der Waals surface area contributed by atoms with E-state index in [0.717, 1.165) is 12.7 Å². The van der Waals surface area contributed by atoms with Gasteiger partial charge in [-0.3, -0.25) is 5.10 Å². The van der Waals surface area contributed by atoms with Crippen LogP contribution in [-0.4, -0.2) is 50.3 Å². The standard InChI is InChI=1S/C10H16N4O4S/c1-2-18-10(15)8-6-12-13-9(8)19(16,17)14-7-3-4-11-5-7/h6-7,11,14H,2-5H2,1H3,(H,12,13). The van der Waals surface area contributed by atoms with E-state index in [1.807, 2.05) is 0 Å². The third-order valence-electron chi connectivity index (χ3n) is 2.75. The first-order valence-corrected chi connectivity index (χ1v) is 7.46. The number of rotatable bonds is 5. The number of esters is 1. The van der Waals surface area contributed by atoms with E-state index in [1.54, 1.807) is 6.92 Å². The highest BCUT2D eigenvalue weighted by atomic mass is 32.2. The molecule has 0 aliphatic carbocycles. The lowest BCUT2D eigenvalue weighted by Gasteiger charge is -2.11. The van der Waals surface area contributed by atoms with Gasteiger partial charge in [0.2, 0.25) is 0 Å². The van der Waals surface area contributed by atoms with Crippen LogP contribution < -0.4 is 10.0 Å². The van der Waals surface area contributed by atoms with E-state index in [2.05, 4.69) is 20.2 Å². The Morgan fingerprint density at radius 2 is 2.42 bits per heavy atom. The van der Waals surface area contributed by atoms with Crippen LogP contribution >= 0.6 is 0 Å². The molecule has 2 rings (SSSR count). The molecule has 1 aromatic rings. The van der Waals surface area contributed by atoms with Gasteiger partial charge in [0.1, 0.15) is 5.56 Å². The molecule has 0 bridgehead atoms. The van der Waals surface area contributed by atoms with E-state index < -0.39 is 16.0 Å². The molecule has 0 spiro atoms. The average molecular weight is 288 g/mol. The summed E-state index contributed by atoms with van der Waals surface area (Å²) < 4.78 is 31.6. The number of carbonyl (C=O) groups excluding carboxylic acids is 1. The first kappa shape index (κ1) is 14.0. The van der Waals surface area contributed by atoms with Gasteiger partial charge in [0.05, 0.1) is 12.8 Å². The van der Waals surface area contributed by atoms with Crippen molar-refractivity contribution in [3.05, 3.63) is 11.8 Å². The molecule has 106 valence electrons. The third-order valence-corrected chi connectivity index (χ3v) is 4.24. The van der Waals surface area contributed by atoms with Gasteiger partial charge in [-0.15, -0.1) is 0 Å². The predicted octanol–water partition coefficient (Wildman–Crippen LogP) is -0.773. The maximum atomic E-state index is 12.2. The van der Waals surface area contributed by atoms with Crippen molar-refractivity contribution in [1.82, 2.24) is 20.2 Å². The Balaban J connectivity index is 2.20. The normalized spacial score (nSPS) is 19.5. The van der Waals surface area contributed by atoms with Crippen molar-refractivity contribution in [2.75, 3.05) is 19.7 Å². The lowest BCUT2D eigenvalue weighted by Crippen LogP contribution is -2.37. The monoisotopic (exact) mass is 288 g/mol. The van der Waals surface area contributed by atoms with Gasteiger partial charge in [-0.05, 0) is 19.9 Å². The van der Waals surface area contributed by atoms with Crippen LogP contribution in [0.15, 0.2) is 11.2 Å². The number of hydrogen-bond donors (Lipinski definition) is 3. The number of aromatic amines is 1. The number of nitrogens with zero attached hydrogens (tertiary/aromatic N) is 1. The second kappa shape index (κ2) is 5.68. The molecular formula is C10H16N4O4S. The van der Waals surface area contributed by atoms with E-state index in [0.29, 0.717) is 13.0 Å². The van der Waals surface area contributed by atoms with E-state index in [4.69, 9.17) is 4.74 Å². The van der Waals surface area contributed by atoms with Gasteiger partial charge >= 0.3 is 5.97 Å². The summed E-state index contributed by atoms with van der Waals surface area (Å²) in [7, 11) is -3.80. The molecule has 1 unspecified atom stereocenters. The van der Waals surface area contributed by atoms with Crippen LogP contribution in [-0.2, 0) is 14.8 Å². The molecule has 1 aliphatic heterocycles. The second-order valence-corrected chi connectivity index (χ2v) is 5.80. The molecule has 1 atom stereocenters. The molecule has 0 saturated carbocycles. The van der Waals surface area contributed by atoms with Crippen LogP contribution in [0.25, 0.3) is 0 Å². The molecule has 9 heteroatoms. The zero-order valence-electron chi connectivity index (χ0n) is 10.5. The fourth-order valence-corrected chi connectivity index (χ4v) is 3.22. The highest BCUT2D eigenvalue weighted by molar-refractivity contribution is 7.89. The fraction of sp³-hybridized carbons (Fsp3) is 0.600. The smallest absolute Gasteiger partial charge is 0.342 e. The molecule has 0 aromatic carbocycles. The van der Waals surface area contributed by atoms with Gasteiger partial charge in [-0.25, -0.2) is 17.9 Å². The molecule has 0 radical (unpaired) electrons. The lowest BCUT2D eigenvalue weighted by atomic mass is 10.3. The number of carbonyl (C=O) groups is 1. The zero-order valence-corrected chi connectivity index (χ0v) is 11.3. The molecule has 1 fully saturated rings. The van der Waals surface area contributed by atoms with Crippen LogP contribution in [0.2, 0.25) is 0 Å². The highest BCUT2D eigenvalue weighted by Gasteiger charge is 2.29. The lowest BCUT2D eigenvalue weighted by molar-refractivity contribution is 0.0522. The maximum absolute atomic E-state index is 12.2. The summed E-state index contributed by atoms with van der Waals surface area (Å²) in [5, 5.41) is 8.74.